The molecule has 1 saturated carbocycles. The standard InChI is InChI=1S/C43H27F6N3/c1-21(2)3-4-24(17-50)39-32-9-22(25-11-36(44)41(47)37(45)12-25)5-7-28(32)30-15-35-31(14-34(30)39)29-8-6-23(10-33(29)40(35)27(18-51)19-52)26-13-38(46)43(49)20-42(43,48)16-26/h5-16,21,28,32H,3-4,20H2,1-2H3/b39-24+. The van der Waals surface area contributed by atoms with E-state index < -0.39 is 47.0 Å². The van der Waals surface area contributed by atoms with Crippen molar-refractivity contribution < 1.29 is 26.3 Å². The largest absolute Gasteiger partial charge is 0.235 e. The molecule has 4 atom stereocenters. The van der Waals surface area contributed by atoms with E-state index in [9.17, 15) is 37.7 Å². The number of nitrogens with zero attached hydrogens (tertiary/aromatic N) is 3. The van der Waals surface area contributed by atoms with Crippen molar-refractivity contribution in [2.75, 3.05) is 0 Å². The molecule has 0 amide bonds. The molecule has 5 aliphatic rings. The van der Waals surface area contributed by atoms with E-state index in [0.29, 0.717) is 56.9 Å². The van der Waals surface area contributed by atoms with Crippen molar-refractivity contribution in [3.63, 3.8) is 0 Å². The summed E-state index contributed by atoms with van der Waals surface area (Å²) in [5.74, 6) is -5.84. The van der Waals surface area contributed by atoms with E-state index in [1.807, 2.05) is 36.4 Å². The molecule has 9 heteroatoms. The Labute approximate surface area is 296 Å². The first-order valence-corrected chi connectivity index (χ1v) is 16.9. The topological polar surface area (TPSA) is 71.4 Å². The van der Waals surface area contributed by atoms with E-state index in [2.05, 4.69) is 19.9 Å². The Morgan fingerprint density at radius 1 is 0.808 bits per heavy atom. The summed E-state index contributed by atoms with van der Waals surface area (Å²) in [6.45, 7) is 4.11. The van der Waals surface area contributed by atoms with Crippen LogP contribution in [-0.4, -0.2) is 11.3 Å². The van der Waals surface area contributed by atoms with Crippen molar-refractivity contribution in [3.8, 4) is 29.3 Å². The summed E-state index contributed by atoms with van der Waals surface area (Å²) in [6, 6.07) is 17.1. The summed E-state index contributed by atoms with van der Waals surface area (Å²) in [7, 11) is 0. The summed E-state index contributed by atoms with van der Waals surface area (Å²) in [5, 5.41) is 30.7. The maximum absolute atomic E-state index is 15.1. The fourth-order valence-electron chi connectivity index (χ4n) is 8.12. The Kier molecular flexibility index (Phi) is 7.42. The fourth-order valence-corrected chi connectivity index (χ4v) is 8.12. The molecule has 1 fully saturated rings. The van der Waals surface area contributed by atoms with Crippen LogP contribution < -0.4 is 0 Å². The van der Waals surface area contributed by atoms with Gasteiger partial charge in [0.25, 0.3) is 0 Å². The molecule has 5 aliphatic carbocycles. The lowest BCUT2D eigenvalue weighted by Gasteiger charge is -2.22. The number of nitriles is 3. The molecule has 3 nitrogen and oxygen atoms in total. The van der Waals surface area contributed by atoms with Crippen LogP contribution in [0, 0.1) is 63.3 Å². The molecule has 0 N–H and O–H groups in total. The Morgan fingerprint density at radius 2 is 1.52 bits per heavy atom. The van der Waals surface area contributed by atoms with Gasteiger partial charge in [0.05, 0.1) is 6.07 Å². The van der Waals surface area contributed by atoms with Crippen molar-refractivity contribution in [2.45, 2.75) is 50.4 Å². The summed E-state index contributed by atoms with van der Waals surface area (Å²) in [4.78, 5) is 0. The van der Waals surface area contributed by atoms with Crippen LogP contribution in [0.3, 0.4) is 0 Å². The molecule has 0 spiro atoms. The molecule has 3 aromatic rings. The highest BCUT2D eigenvalue weighted by atomic mass is 19.2. The zero-order valence-corrected chi connectivity index (χ0v) is 27.9. The Hall–Kier alpha value is -5.85. The molecular formula is C43H27F6N3. The lowest BCUT2D eigenvalue weighted by Crippen LogP contribution is -2.19. The number of hydrogen-bond donors (Lipinski definition) is 0. The monoisotopic (exact) mass is 699 g/mol. The van der Waals surface area contributed by atoms with Crippen molar-refractivity contribution in [2.24, 2.45) is 11.8 Å². The second kappa shape index (κ2) is 11.6. The van der Waals surface area contributed by atoms with Crippen LogP contribution in [0.1, 0.15) is 72.4 Å². The zero-order valence-electron chi connectivity index (χ0n) is 27.9. The van der Waals surface area contributed by atoms with E-state index >= 15 is 4.39 Å². The second-order valence-corrected chi connectivity index (χ2v) is 14.4. The average molecular weight is 700 g/mol. The first kappa shape index (κ1) is 33.3. The predicted molar refractivity (Wildman–Crippen MR) is 185 cm³/mol. The normalized spacial score (nSPS) is 25.3. The van der Waals surface area contributed by atoms with Crippen molar-refractivity contribution >= 4 is 22.3 Å². The van der Waals surface area contributed by atoms with Crippen molar-refractivity contribution in [1.82, 2.24) is 0 Å². The molecule has 4 unspecified atom stereocenters. The Bertz CT molecular complexity index is 2450. The summed E-state index contributed by atoms with van der Waals surface area (Å²) < 4.78 is 86.9. The van der Waals surface area contributed by atoms with Crippen LogP contribution in [0.15, 0.2) is 89.8 Å². The molecule has 256 valence electrons. The van der Waals surface area contributed by atoms with Gasteiger partial charge in [-0.25, -0.2) is 26.3 Å². The van der Waals surface area contributed by atoms with Gasteiger partial charge >= 0.3 is 0 Å². The van der Waals surface area contributed by atoms with Gasteiger partial charge < -0.3 is 0 Å². The highest BCUT2D eigenvalue weighted by Gasteiger charge is 2.74. The molecule has 0 radical (unpaired) electrons. The molecule has 0 saturated heterocycles. The van der Waals surface area contributed by atoms with Gasteiger partial charge in [-0.15, -0.1) is 0 Å². The van der Waals surface area contributed by atoms with Gasteiger partial charge in [-0.3, -0.25) is 0 Å². The maximum atomic E-state index is 15.1. The van der Waals surface area contributed by atoms with E-state index in [4.69, 9.17) is 0 Å². The Balaban J connectivity index is 1.31. The third-order valence-electron chi connectivity index (χ3n) is 10.9. The number of allylic oxidation sites excluding steroid dienone is 11. The minimum absolute atomic E-state index is 0.146. The van der Waals surface area contributed by atoms with Crippen LogP contribution in [0.5, 0.6) is 0 Å². The van der Waals surface area contributed by atoms with Crippen LogP contribution in [0.2, 0.25) is 0 Å². The second-order valence-electron chi connectivity index (χ2n) is 14.4. The molecule has 52 heavy (non-hydrogen) atoms. The van der Waals surface area contributed by atoms with Crippen molar-refractivity contribution in [3.05, 3.63) is 141 Å². The third-order valence-corrected chi connectivity index (χ3v) is 10.9. The molecule has 0 bridgehead atoms. The number of rotatable bonds is 5. The molecule has 0 heterocycles. The van der Waals surface area contributed by atoms with Crippen LogP contribution >= 0.6 is 0 Å². The molecular weight excluding hydrogens is 672 g/mol. The van der Waals surface area contributed by atoms with Gasteiger partial charge in [0, 0.05) is 29.4 Å². The van der Waals surface area contributed by atoms with Gasteiger partial charge in [0.15, 0.2) is 23.1 Å². The fraction of sp³-hybridized carbons (Fsp3) is 0.233. The SMILES string of the molecule is CC(C)CC/C(C#N)=C1\c2cc3c(cc2C2C=CC(c4cc(F)c(F)c(F)c4)=CC12)C(=C(C#N)C#N)c1cc(C2=CC4(F)CC4(F)C(F)=C2)ccc1-3. The highest BCUT2D eigenvalue weighted by Crippen LogP contribution is 2.63. The molecule has 8 rings (SSSR count). The average Bonchev–Trinajstić information content (AvgIpc) is 3.41. The van der Waals surface area contributed by atoms with Gasteiger partial charge in [0.1, 0.15) is 23.5 Å². The van der Waals surface area contributed by atoms with Crippen LogP contribution in [0.25, 0.3) is 33.4 Å². The summed E-state index contributed by atoms with van der Waals surface area (Å²) in [6.07, 6.45) is 8.08. The first-order valence-electron chi connectivity index (χ1n) is 16.9. The molecule has 3 aromatic carbocycles. The highest BCUT2D eigenvalue weighted by molar-refractivity contribution is 6.06. The van der Waals surface area contributed by atoms with E-state index in [-0.39, 0.29) is 22.6 Å². The van der Waals surface area contributed by atoms with Gasteiger partial charge in [0.2, 0.25) is 5.67 Å². The first-order chi connectivity index (χ1) is 24.8. The van der Waals surface area contributed by atoms with Gasteiger partial charge in [-0.2, -0.15) is 15.8 Å². The summed E-state index contributed by atoms with van der Waals surface area (Å²) >= 11 is 0. The minimum atomic E-state index is -2.65. The van der Waals surface area contributed by atoms with Gasteiger partial charge in [-0.1, -0.05) is 44.2 Å². The van der Waals surface area contributed by atoms with Crippen LogP contribution in [0.4, 0.5) is 26.3 Å². The van der Waals surface area contributed by atoms with Crippen LogP contribution in [-0.2, 0) is 0 Å². The number of halogens is 6. The number of alkyl halides is 2. The minimum Gasteiger partial charge on any atom is -0.235 e. The van der Waals surface area contributed by atoms with E-state index in [1.165, 1.54) is 0 Å². The predicted octanol–water partition coefficient (Wildman–Crippen LogP) is 11.1. The van der Waals surface area contributed by atoms with E-state index in [1.54, 1.807) is 24.3 Å². The molecule has 0 aromatic heterocycles. The Morgan fingerprint density at radius 3 is 2.17 bits per heavy atom. The number of benzene rings is 3. The maximum Gasteiger partial charge on any atom is 0.202 e. The van der Waals surface area contributed by atoms with Crippen molar-refractivity contribution in [1.29, 1.82) is 15.8 Å². The number of hydrogen-bond acceptors (Lipinski definition) is 3. The lowest BCUT2D eigenvalue weighted by molar-refractivity contribution is 0.206. The smallest absolute Gasteiger partial charge is 0.202 e. The van der Waals surface area contributed by atoms with Gasteiger partial charge in [-0.05, 0) is 122 Å². The lowest BCUT2D eigenvalue weighted by atomic mass is 9.81. The molecule has 0 aliphatic heterocycles. The third kappa shape index (κ3) is 4.78. The zero-order chi connectivity index (χ0) is 36.9. The quantitative estimate of drug-likeness (QED) is 0.118. The van der Waals surface area contributed by atoms with E-state index in [0.717, 1.165) is 47.4 Å². The number of fused-ring (bicyclic) bond motifs is 7. The summed E-state index contributed by atoms with van der Waals surface area (Å²) in [5.41, 5.74) is 1.49.